The van der Waals surface area contributed by atoms with Crippen LogP contribution in [0.4, 0.5) is 5.69 Å². The number of unbranched alkanes of at least 4 members (excludes halogenated alkanes) is 1. The highest BCUT2D eigenvalue weighted by Gasteiger charge is 2.34. The number of carbonyl (C=O) groups excluding carboxylic acids is 1. The molecule has 1 amide bonds. The van der Waals surface area contributed by atoms with E-state index in [1.54, 1.807) is 0 Å². The third-order valence-corrected chi connectivity index (χ3v) is 7.41. The number of hydrogen-bond donors (Lipinski definition) is 0. The molecule has 0 aliphatic carbocycles. The predicted molar refractivity (Wildman–Crippen MR) is 146 cm³/mol. The van der Waals surface area contributed by atoms with Crippen molar-refractivity contribution in [3.8, 4) is 5.75 Å². The molecule has 0 bridgehead atoms. The molecule has 1 saturated heterocycles. The molecule has 0 spiro atoms. The van der Waals surface area contributed by atoms with E-state index in [1.807, 2.05) is 11.0 Å². The van der Waals surface area contributed by atoms with Gasteiger partial charge in [0.05, 0.1) is 17.6 Å². The van der Waals surface area contributed by atoms with E-state index in [4.69, 9.17) is 9.72 Å². The van der Waals surface area contributed by atoms with Crippen LogP contribution in [-0.4, -0.2) is 28.6 Å². The molecule has 0 N–H and O–H groups in total. The Morgan fingerprint density at radius 2 is 1.67 bits per heavy atom. The van der Waals surface area contributed by atoms with Crippen molar-refractivity contribution in [3.63, 3.8) is 0 Å². The van der Waals surface area contributed by atoms with Crippen LogP contribution in [0.1, 0.15) is 53.3 Å². The lowest BCUT2D eigenvalue weighted by atomic mass is 10.1. The zero-order valence-electron chi connectivity index (χ0n) is 21.8. The highest BCUT2D eigenvalue weighted by molar-refractivity contribution is 5.96. The van der Waals surface area contributed by atoms with Gasteiger partial charge >= 0.3 is 0 Å². The molecule has 0 saturated carbocycles. The van der Waals surface area contributed by atoms with Crippen molar-refractivity contribution in [2.24, 2.45) is 0 Å². The van der Waals surface area contributed by atoms with Gasteiger partial charge in [0.1, 0.15) is 11.6 Å². The van der Waals surface area contributed by atoms with Crippen molar-refractivity contribution >= 4 is 22.6 Å². The van der Waals surface area contributed by atoms with Crippen LogP contribution >= 0.6 is 0 Å². The third kappa shape index (κ3) is 4.75. The second-order valence-corrected chi connectivity index (χ2v) is 10.1. The van der Waals surface area contributed by atoms with E-state index in [9.17, 15) is 4.79 Å². The maximum Gasteiger partial charge on any atom is 0.227 e. The van der Waals surface area contributed by atoms with Crippen LogP contribution in [0.25, 0.3) is 11.0 Å². The topological polar surface area (TPSA) is 47.4 Å². The van der Waals surface area contributed by atoms with E-state index in [0.717, 1.165) is 47.7 Å². The molecule has 186 valence electrons. The Labute approximate surface area is 213 Å². The van der Waals surface area contributed by atoms with Gasteiger partial charge in [-0.1, -0.05) is 36.4 Å². The number of ether oxygens (including phenoxy) is 1. The van der Waals surface area contributed by atoms with Crippen molar-refractivity contribution in [1.82, 2.24) is 9.55 Å². The molecule has 36 heavy (non-hydrogen) atoms. The zero-order valence-corrected chi connectivity index (χ0v) is 21.8. The minimum absolute atomic E-state index is 0.0809. The van der Waals surface area contributed by atoms with Crippen LogP contribution in [0.3, 0.4) is 0 Å². The summed E-state index contributed by atoms with van der Waals surface area (Å²) in [5.41, 5.74) is 7.92. The highest BCUT2D eigenvalue weighted by Crippen LogP contribution is 2.34. The van der Waals surface area contributed by atoms with E-state index in [0.29, 0.717) is 19.6 Å². The number of amides is 1. The standard InChI is InChI=1S/C31H35N3O2/c1-21-14-15-26(18-24(21)4)34-20-25(19-29(34)35)31-32-27-12-5-6-13-28(27)33(31)16-7-8-17-36-30-22(2)10-9-11-23(30)3/h5-6,9-15,18,25H,7-8,16-17,19-20H2,1-4H3. The van der Waals surface area contributed by atoms with Crippen molar-refractivity contribution < 1.29 is 9.53 Å². The molecule has 5 rings (SSSR count). The molecule has 1 aliphatic rings. The highest BCUT2D eigenvalue weighted by atomic mass is 16.5. The second-order valence-electron chi connectivity index (χ2n) is 10.1. The monoisotopic (exact) mass is 481 g/mol. The smallest absolute Gasteiger partial charge is 0.227 e. The average molecular weight is 482 g/mol. The quantitative estimate of drug-likeness (QED) is 0.265. The van der Waals surface area contributed by atoms with Gasteiger partial charge in [0.25, 0.3) is 0 Å². The lowest BCUT2D eigenvalue weighted by molar-refractivity contribution is -0.117. The molecule has 3 aromatic carbocycles. The van der Waals surface area contributed by atoms with Gasteiger partial charge in [-0.3, -0.25) is 4.79 Å². The molecule has 4 aromatic rings. The van der Waals surface area contributed by atoms with Crippen LogP contribution in [-0.2, 0) is 11.3 Å². The molecule has 1 fully saturated rings. The number of aromatic nitrogens is 2. The summed E-state index contributed by atoms with van der Waals surface area (Å²) in [6, 6.07) is 20.8. The zero-order chi connectivity index (χ0) is 25.2. The van der Waals surface area contributed by atoms with Gasteiger partial charge in [0.2, 0.25) is 5.91 Å². The molecule has 1 aromatic heterocycles. The number of rotatable bonds is 8. The summed E-state index contributed by atoms with van der Waals surface area (Å²) in [4.78, 5) is 20.0. The number of aryl methyl sites for hydroxylation is 5. The minimum atomic E-state index is 0.0809. The summed E-state index contributed by atoms with van der Waals surface area (Å²) in [5, 5.41) is 0. The first kappa shape index (κ1) is 24.1. The Morgan fingerprint density at radius 1 is 0.889 bits per heavy atom. The number of benzene rings is 3. The van der Waals surface area contributed by atoms with Gasteiger partial charge in [-0.15, -0.1) is 0 Å². The molecule has 5 nitrogen and oxygen atoms in total. The third-order valence-electron chi connectivity index (χ3n) is 7.41. The summed E-state index contributed by atoms with van der Waals surface area (Å²) in [5.74, 6) is 2.27. The first-order valence-corrected chi connectivity index (χ1v) is 12.9. The van der Waals surface area contributed by atoms with Crippen LogP contribution in [0.2, 0.25) is 0 Å². The first-order chi connectivity index (χ1) is 17.4. The number of nitrogens with zero attached hydrogens (tertiary/aromatic N) is 3. The largest absolute Gasteiger partial charge is 0.493 e. The van der Waals surface area contributed by atoms with Crippen LogP contribution < -0.4 is 9.64 Å². The van der Waals surface area contributed by atoms with Gasteiger partial charge in [-0.25, -0.2) is 4.98 Å². The van der Waals surface area contributed by atoms with E-state index >= 15 is 0 Å². The van der Waals surface area contributed by atoms with Gasteiger partial charge in [0, 0.05) is 31.1 Å². The van der Waals surface area contributed by atoms with E-state index in [2.05, 4.69) is 86.9 Å². The molecule has 1 aliphatic heterocycles. The Bertz CT molecular complexity index is 1380. The Morgan fingerprint density at radius 3 is 2.44 bits per heavy atom. The lowest BCUT2D eigenvalue weighted by Crippen LogP contribution is -2.24. The summed E-state index contributed by atoms with van der Waals surface area (Å²) < 4.78 is 8.45. The Kier molecular flexibility index (Phi) is 6.82. The molecule has 1 atom stereocenters. The number of imidazole rings is 1. The number of para-hydroxylation sites is 3. The molecule has 2 heterocycles. The van der Waals surface area contributed by atoms with Crippen molar-refractivity contribution in [1.29, 1.82) is 0 Å². The van der Waals surface area contributed by atoms with Gasteiger partial charge in [0.15, 0.2) is 0 Å². The first-order valence-electron chi connectivity index (χ1n) is 12.9. The van der Waals surface area contributed by atoms with Crippen molar-refractivity contribution in [2.45, 2.75) is 59.4 Å². The summed E-state index contributed by atoms with van der Waals surface area (Å²) >= 11 is 0. The van der Waals surface area contributed by atoms with E-state index < -0.39 is 0 Å². The van der Waals surface area contributed by atoms with Crippen LogP contribution in [0.5, 0.6) is 5.75 Å². The fourth-order valence-electron chi connectivity index (χ4n) is 5.24. The van der Waals surface area contributed by atoms with Gasteiger partial charge < -0.3 is 14.2 Å². The second kappa shape index (κ2) is 10.2. The predicted octanol–water partition coefficient (Wildman–Crippen LogP) is 6.65. The molecule has 5 heteroatoms. The van der Waals surface area contributed by atoms with Gasteiger partial charge in [-0.05, 0) is 87.1 Å². The number of carbonyl (C=O) groups is 1. The lowest BCUT2D eigenvalue weighted by Gasteiger charge is -2.18. The van der Waals surface area contributed by atoms with Crippen molar-refractivity contribution in [3.05, 3.63) is 88.7 Å². The summed E-state index contributed by atoms with van der Waals surface area (Å²) in [6.07, 6.45) is 2.43. The maximum atomic E-state index is 13.0. The number of hydrogen-bond acceptors (Lipinski definition) is 3. The van der Waals surface area contributed by atoms with Crippen LogP contribution in [0.15, 0.2) is 60.7 Å². The fraction of sp³-hybridized carbons (Fsp3) is 0.355. The molecule has 1 unspecified atom stereocenters. The normalized spacial score (nSPS) is 15.7. The van der Waals surface area contributed by atoms with Crippen molar-refractivity contribution in [2.75, 3.05) is 18.1 Å². The fourth-order valence-corrected chi connectivity index (χ4v) is 5.24. The summed E-state index contributed by atoms with van der Waals surface area (Å²) in [6.45, 7) is 10.6. The van der Waals surface area contributed by atoms with E-state index in [-0.39, 0.29) is 11.8 Å². The number of anilines is 1. The summed E-state index contributed by atoms with van der Waals surface area (Å²) in [7, 11) is 0. The molecular weight excluding hydrogens is 446 g/mol. The Balaban J connectivity index is 1.31. The maximum absolute atomic E-state index is 13.0. The average Bonchev–Trinajstić information content (AvgIpc) is 3.43. The molecular formula is C31H35N3O2. The van der Waals surface area contributed by atoms with E-state index in [1.165, 1.54) is 22.3 Å². The molecule has 0 radical (unpaired) electrons. The van der Waals surface area contributed by atoms with Gasteiger partial charge in [-0.2, -0.15) is 0 Å². The minimum Gasteiger partial charge on any atom is -0.493 e. The number of fused-ring (bicyclic) bond motifs is 1. The Hall–Kier alpha value is -3.60. The SMILES string of the molecule is Cc1ccc(N2CC(c3nc4ccccc4n3CCCCOc3c(C)cccc3C)CC2=O)cc1C. The van der Waals surface area contributed by atoms with Crippen LogP contribution in [0, 0.1) is 27.7 Å².